The number of carbonyl (C=O) groups excluding carboxylic acids is 1. The molecule has 17 heavy (non-hydrogen) atoms. The van der Waals surface area contributed by atoms with E-state index in [1.807, 2.05) is 4.90 Å². The van der Waals surface area contributed by atoms with Crippen molar-refractivity contribution in [2.24, 2.45) is 0 Å². The highest BCUT2D eigenvalue weighted by atomic mass is 16.2. The Bertz CT molecular complexity index is 304. The van der Waals surface area contributed by atoms with Gasteiger partial charge in [-0.3, -0.25) is 9.48 Å². The molecule has 5 heteroatoms. The van der Waals surface area contributed by atoms with E-state index in [0.717, 1.165) is 38.9 Å². The predicted octanol–water partition coefficient (Wildman–Crippen LogP) is 1.71. The van der Waals surface area contributed by atoms with Gasteiger partial charge in [0.2, 0.25) is 5.91 Å². The molecule has 1 rings (SSSR count). The third-order valence-electron chi connectivity index (χ3n) is 2.58. The van der Waals surface area contributed by atoms with Crippen molar-refractivity contribution in [1.29, 1.82) is 0 Å². The van der Waals surface area contributed by atoms with Crippen molar-refractivity contribution in [3.05, 3.63) is 12.7 Å². The summed E-state index contributed by atoms with van der Waals surface area (Å²) in [4.78, 5) is 17.8. The Morgan fingerprint density at radius 2 is 2.00 bits per heavy atom. The molecule has 0 aromatic carbocycles. The van der Waals surface area contributed by atoms with Crippen molar-refractivity contribution < 1.29 is 4.79 Å². The zero-order valence-electron chi connectivity index (χ0n) is 10.8. The highest BCUT2D eigenvalue weighted by Gasteiger charge is 2.10. The topological polar surface area (TPSA) is 51.0 Å². The molecule has 0 aliphatic carbocycles. The van der Waals surface area contributed by atoms with E-state index in [9.17, 15) is 4.79 Å². The number of rotatable bonds is 8. The van der Waals surface area contributed by atoms with Gasteiger partial charge >= 0.3 is 0 Å². The van der Waals surface area contributed by atoms with E-state index in [2.05, 4.69) is 23.9 Å². The zero-order valence-corrected chi connectivity index (χ0v) is 10.8. The molecule has 1 amide bonds. The molecule has 0 fully saturated rings. The van der Waals surface area contributed by atoms with Crippen LogP contribution in [0.4, 0.5) is 0 Å². The van der Waals surface area contributed by atoms with Crippen molar-refractivity contribution in [1.82, 2.24) is 19.7 Å². The fourth-order valence-electron chi connectivity index (χ4n) is 1.80. The van der Waals surface area contributed by atoms with Gasteiger partial charge in [-0.2, -0.15) is 5.10 Å². The first kappa shape index (κ1) is 13.7. The van der Waals surface area contributed by atoms with E-state index in [0.29, 0.717) is 6.42 Å². The first-order valence-electron chi connectivity index (χ1n) is 6.38. The number of hydrogen-bond acceptors (Lipinski definition) is 3. The second-order valence-electron chi connectivity index (χ2n) is 4.14. The maximum Gasteiger partial charge on any atom is 0.222 e. The van der Waals surface area contributed by atoms with Crippen LogP contribution in [0.25, 0.3) is 0 Å². The molecule has 0 radical (unpaired) electrons. The SMILES string of the molecule is CCCN(CCC)C(=O)CCCn1cncn1. The lowest BCUT2D eigenvalue weighted by Gasteiger charge is -2.21. The molecule has 0 saturated heterocycles. The minimum Gasteiger partial charge on any atom is -0.343 e. The van der Waals surface area contributed by atoms with Crippen molar-refractivity contribution >= 4 is 5.91 Å². The van der Waals surface area contributed by atoms with E-state index < -0.39 is 0 Å². The van der Waals surface area contributed by atoms with E-state index in [1.54, 1.807) is 11.0 Å². The molecule has 1 aromatic rings. The highest BCUT2D eigenvalue weighted by Crippen LogP contribution is 2.02. The van der Waals surface area contributed by atoms with Gasteiger partial charge in [0.1, 0.15) is 12.7 Å². The minimum absolute atomic E-state index is 0.258. The Morgan fingerprint density at radius 1 is 1.29 bits per heavy atom. The maximum absolute atomic E-state index is 11.9. The minimum atomic E-state index is 0.258. The van der Waals surface area contributed by atoms with E-state index in [4.69, 9.17) is 0 Å². The average Bonchev–Trinajstić information content (AvgIpc) is 2.81. The third-order valence-corrected chi connectivity index (χ3v) is 2.58. The molecule has 0 aliphatic rings. The van der Waals surface area contributed by atoms with Gasteiger partial charge in [-0.25, -0.2) is 4.98 Å². The van der Waals surface area contributed by atoms with Crippen molar-refractivity contribution in [2.75, 3.05) is 13.1 Å². The van der Waals surface area contributed by atoms with Crippen LogP contribution in [0.2, 0.25) is 0 Å². The molecular formula is C12H22N4O. The summed E-state index contributed by atoms with van der Waals surface area (Å²) < 4.78 is 1.76. The molecule has 0 aliphatic heterocycles. The van der Waals surface area contributed by atoms with Crippen LogP contribution in [0.5, 0.6) is 0 Å². The lowest BCUT2D eigenvalue weighted by atomic mass is 10.2. The second-order valence-corrected chi connectivity index (χ2v) is 4.14. The maximum atomic E-state index is 11.9. The predicted molar refractivity (Wildman–Crippen MR) is 66.4 cm³/mol. The van der Waals surface area contributed by atoms with Crippen LogP contribution < -0.4 is 0 Å². The smallest absolute Gasteiger partial charge is 0.222 e. The Hall–Kier alpha value is -1.39. The van der Waals surface area contributed by atoms with Gasteiger partial charge in [-0.05, 0) is 19.3 Å². The number of aryl methyl sites for hydroxylation is 1. The van der Waals surface area contributed by atoms with Crippen LogP contribution in [0, 0.1) is 0 Å². The monoisotopic (exact) mass is 238 g/mol. The molecule has 0 spiro atoms. The van der Waals surface area contributed by atoms with Crippen molar-refractivity contribution in [2.45, 2.75) is 46.1 Å². The van der Waals surface area contributed by atoms with Gasteiger partial charge in [0.25, 0.3) is 0 Å². The summed E-state index contributed by atoms with van der Waals surface area (Å²) in [6.45, 7) is 6.71. The standard InChI is InChI=1S/C12H22N4O/c1-3-7-15(8-4-2)12(17)6-5-9-16-11-13-10-14-16/h10-11H,3-9H2,1-2H3. The zero-order chi connectivity index (χ0) is 12.5. The first-order chi connectivity index (χ1) is 8.27. The highest BCUT2D eigenvalue weighted by molar-refractivity contribution is 5.76. The van der Waals surface area contributed by atoms with E-state index in [1.165, 1.54) is 6.33 Å². The Kier molecular flexibility index (Phi) is 6.29. The molecule has 5 nitrogen and oxygen atoms in total. The summed E-state index contributed by atoms with van der Waals surface area (Å²) in [6, 6.07) is 0. The second kappa shape index (κ2) is 7.81. The van der Waals surface area contributed by atoms with Gasteiger partial charge in [-0.15, -0.1) is 0 Å². The van der Waals surface area contributed by atoms with Crippen LogP contribution in [0.3, 0.4) is 0 Å². The van der Waals surface area contributed by atoms with Crippen LogP contribution >= 0.6 is 0 Å². The van der Waals surface area contributed by atoms with Gasteiger partial charge in [-0.1, -0.05) is 13.8 Å². The van der Waals surface area contributed by atoms with Crippen LogP contribution in [-0.4, -0.2) is 38.7 Å². The summed E-state index contributed by atoms with van der Waals surface area (Å²) in [5.41, 5.74) is 0. The lowest BCUT2D eigenvalue weighted by molar-refractivity contribution is -0.131. The molecule has 1 heterocycles. The molecule has 1 aromatic heterocycles. The Labute approximate surface area is 103 Å². The fraction of sp³-hybridized carbons (Fsp3) is 0.750. The van der Waals surface area contributed by atoms with E-state index >= 15 is 0 Å². The summed E-state index contributed by atoms with van der Waals surface area (Å²) >= 11 is 0. The fourth-order valence-corrected chi connectivity index (χ4v) is 1.80. The third kappa shape index (κ3) is 4.97. The van der Waals surface area contributed by atoms with Gasteiger partial charge < -0.3 is 4.90 Å². The molecular weight excluding hydrogens is 216 g/mol. The van der Waals surface area contributed by atoms with E-state index in [-0.39, 0.29) is 5.91 Å². The number of hydrogen-bond donors (Lipinski definition) is 0. The quantitative estimate of drug-likeness (QED) is 0.692. The lowest BCUT2D eigenvalue weighted by Crippen LogP contribution is -2.32. The molecule has 96 valence electrons. The first-order valence-corrected chi connectivity index (χ1v) is 6.38. The molecule has 0 bridgehead atoms. The Morgan fingerprint density at radius 3 is 2.53 bits per heavy atom. The molecule has 0 N–H and O–H groups in total. The molecule has 0 atom stereocenters. The summed E-state index contributed by atoms with van der Waals surface area (Å²) in [5, 5.41) is 4.01. The molecule has 0 saturated carbocycles. The number of aromatic nitrogens is 3. The van der Waals surface area contributed by atoms with Crippen molar-refractivity contribution in [3.8, 4) is 0 Å². The number of amides is 1. The summed E-state index contributed by atoms with van der Waals surface area (Å²) in [7, 11) is 0. The van der Waals surface area contributed by atoms with Crippen LogP contribution in [-0.2, 0) is 11.3 Å². The largest absolute Gasteiger partial charge is 0.343 e. The molecule has 0 unspecified atom stereocenters. The van der Waals surface area contributed by atoms with Gasteiger partial charge in [0.05, 0.1) is 0 Å². The van der Waals surface area contributed by atoms with Gasteiger partial charge in [0, 0.05) is 26.1 Å². The number of carbonyl (C=O) groups is 1. The van der Waals surface area contributed by atoms with Gasteiger partial charge in [0.15, 0.2) is 0 Å². The summed E-state index contributed by atoms with van der Waals surface area (Å²) in [6.07, 6.45) is 6.66. The number of nitrogens with zero attached hydrogens (tertiary/aromatic N) is 4. The Balaban J connectivity index is 2.26. The van der Waals surface area contributed by atoms with Crippen molar-refractivity contribution in [3.63, 3.8) is 0 Å². The van der Waals surface area contributed by atoms with Crippen LogP contribution in [0.1, 0.15) is 39.5 Å². The summed E-state index contributed by atoms with van der Waals surface area (Å²) in [5.74, 6) is 0.258. The normalized spacial score (nSPS) is 10.5. The van der Waals surface area contributed by atoms with Crippen LogP contribution in [0.15, 0.2) is 12.7 Å². The average molecular weight is 238 g/mol.